The van der Waals surface area contributed by atoms with E-state index in [0.29, 0.717) is 18.7 Å². The summed E-state index contributed by atoms with van der Waals surface area (Å²) in [6.07, 6.45) is 1.06. The third-order valence-corrected chi connectivity index (χ3v) is 3.80. The average Bonchev–Trinajstić information content (AvgIpc) is 2.48. The van der Waals surface area contributed by atoms with Crippen LogP contribution in [-0.2, 0) is 4.79 Å². The first-order chi connectivity index (χ1) is 10.0. The van der Waals surface area contributed by atoms with Crippen molar-refractivity contribution in [3.8, 4) is 0 Å². The Morgan fingerprint density at radius 3 is 2.90 bits per heavy atom. The molecule has 0 saturated carbocycles. The molecule has 1 saturated heterocycles. The van der Waals surface area contributed by atoms with Gasteiger partial charge in [0, 0.05) is 30.9 Å². The van der Waals surface area contributed by atoms with Gasteiger partial charge in [0.1, 0.15) is 6.04 Å². The van der Waals surface area contributed by atoms with Gasteiger partial charge in [0.25, 0.3) is 5.91 Å². The Morgan fingerprint density at radius 1 is 1.48 bits per heavy atom. The number of piperazine rings is 1. The van der Waals surface area contributed by atoms with Crippen LogP contribution in [0.1, 0.15) is 36.2 Å². The van der Waals surface area contributed by atoms with Crippen molar-refractivity contribution in [2.24, 2.45) is 0 Å². The van der Waals surface area contributed by atoms with Crippen molar-refractivity contribution in [3.05, 3.63) is 29.3 Å². The van der Waals surface area contributed by atoms with Gasteiger partial charge in [-0.25, -0.2) is 0 Å². The zero-order chi connectivity index (χ0) is 15.4. The van der Waals surface area contributed by atoms with E-state index >= 15 is 0 Å². The number of carbonyl (C=O) groups excluding carboxylic acids is 2. The van der Waals surface area contributed by atoms with Crippen LogP contribution in [0.4, 0.5) is 5.69 Å². The van der Waals surface area contributed by atoms with Crippen molar-refractivity contribution in [1.82, 2.24) is 10.2 Å². The molecule has 1 aliphatic rings. The molecule has 1 atom stereocenters. The van der Waals surface area contributed by atoms with Gasteiger partial charge in [-0.15, -0.1) is 0 Å². The van der Waals surface area contributed by atoms with Crippen LogP contribution in [0, 0.1) is 6.92 Å². The molecule has 1 aliphatic heterocycles. The smallest absolute Gasteiger partial charge is 0.254 e. The fourth-order valence-electron chi connectivity index (χ4n) is 2.48. The Morgan fingerprint density at radius 2 is 2.24 bits per heavy atom. The number of anilines is 1. The predicted molar refractivity (Wildman–Crippen MR) is 83.5 cm³/mol. The van der Waals surface area contributed by atoms with Crippen molar-refractivity contribution >= 4 is 17.5 Å². The second-order valence-corrected chi connectivity index (χ2v) is 5.42. The number of carbonyl (C=O) groups is 2. The van der Waals surface area contributed by atoms with Gasteiger partial charge in [-0.3, -0.25) is 9.59 Å². The third kappa shape index (κ3) is 3.35. The molecule has 21 heavy (non-hydrogen) atoms. The van der Waals surface area contributed by atoms with Gasteiger partial charge in [-0.1, -0.05) is 6.92 Å². The first-order valence-corrected chi connectivity index (χ1v) is 7.47. The zero-order valence-corrected chi connectivity index (χ0v) is 12.9. The van der Waals surface area contributed by atoms with Crippen molar-refractivity contribution < 1.29 is 9.59 Å². The van der Waals surface area contributed by atoms with Crippen molar-refractivity contribution in [1.29, 1.82) is 0 Å². The number of hydrogen-bond acceptors (Lipinski definition) is 3. The molecule has 1 aromatic carbocycles. The lowest BCUT2D eigenvalue weighted by molar-refractivity contribution is -0.127. The lowest BCUT2D eigenvalue weighted by Crippen LogP contribution is -2.55. The summed E-state index contributed by atoms with van der Waals surface area (Å²) in [5.41, 5.74) is 2.73. The normalized spacial score (nSPS) is 18.3. The topological polar surface area (TPSA) is 61.4 Å². The number of nitrogens with one attached hydrogen (secondary N) is 2. The number of rotatable bonds is 4. The van der Waals surface area contributed by atoms with Gasteiger partial charge in [0.2, 0.25) is 5.91 Å². The van der Waals surface area contributed by atoms with Crippen LogP contribution in [0.15, 0.2) is 18.2 Å². The minimum atomic E-state index is -0.413. The molecule has 0 radical (unpaired) electrons. The molecule has 2 N–H and O–H groups in total. The number of benzene rings is 1. The molecule has 0 bridgehead atoms. The Hall–Kier alpha value is -2.04. The number of nitrogens with zero attached hydrogens (tertiary/aromatic N) is 1. The van der Waals surface area contributed by atoms with Crippen LogP contribution in [-0.4, -0.2) is 42.4 Å². The summed E-state index contributed by atoms with van der Waals surface area (Å²) in [6, 6.07) is 5.24. The highest BCUT2D eigenvalue weighted by molar-refractivity contribution is 5.98. The largest absolute Gasteiger partial charge is 0.385 e. The van der Waals surface area contributed by atoms with E-state index in [1.54, 1.807) is 11.8 Å². The SMILES string of the molecule is CCCNc1ccc(C(=O)N2CCNC(=O)C2C)cc1C. The third-order valence-electron chi connectivity index (χ3n) is 3.80. The zero-order valence-electron chi connectivity index (χ0n) is 12.9. The Bertz CT molecular complexity index is 542. The van der Waals surface area contributed by atoms with Gasteiger partial charge in [-0.05, 0) is 44.0 Å². The first kappa shape index (κ1) is 15.4. The Labute approximate surface area is 125 Å². The molecule has 114 valence electrons. The summed E-state index contributed by atoms with van der Waals surface area (Å²) >= 11 is 0. The molecule has 0 aliphatic carbocycles. The maximum Gasteiger partial charge on any atom is 0.254 e. The fraction of sp³-hybridized carbons (Fsp3) is 0.500. The highest BCUT2D eigenvalue weighted by Crippen LogP contribution is 2.19. The van der Waals surface area contributed by atoms with Crippen LogP contribution in [0.25, 0.3) is 0 Å². The van der Waals surface area contributed by atoms with Gasteiger partial charge in [0.05, 0.1) is 0 Å². The Balaban J connectivity index is 2.15. The van der Waals surface area contributed by atoms with E-state index < -0.39 is 6.04 Å². The molecule has 1 unspecified atom stereocenters. The van der Waals surface area contributed by atoms with Crippen molar-refractivity contribution in [3.63, 3.8) is 0 Å². The second kappa shape index (κ2) is 6.61. The van der Waals surface area contributed by atoms with E-state index in [0.717, 1.165) is 24.2 Å². The predicted octanol–water partition coefficient (Wildman–Crippen LogP) is 1.78. The Kier molecular flexibility index (Phi) is 4.83. The summed E-state index contributed by atoms with van der Waals surface area (Å²) in [5.74, 6) is -0.171. The molecular weight excluding hydrogens is 266 g/mol. The standard InChI is InChI=1S/C16H23N3O2/c1-4-7-17-14-6-5-13(10-11(14)2)16(21)19-9-8-18-15(20)12(19)3/h5-6,10,12,17H,4,7-9H2,1-3H3,(H,18,20). The molecule has 2 rings (SSSR count). The minimum absolute atomic E-state index is 0.0810. The highest BCUT2D eigenvalue weighted by Gasteiger charge is 2.29. The monoisotopic (exact) mass is 289 g/mol. The molecule has 5 heteroatoms. The van der Waals surface area contributed by atoms with Gasteiger partial charge in [-0.2, -0.15) is 0 Å². The molecular formula is C16H23N3O2. The lowest BCUT2D eigenvalue weighted by Gasteiger charge is -2.33. The lowest BCUT2D eigenvalue weighted by atomic mass is 10.1. The number of amides is 2. The average molecular weight is 289 g/mol. The number of hydrogen-bond donors (Lipinski definition) is 2. The van der Waals surface area contributed by atoms with E-state index in [2.05, 4.69) is 17.6 Å². The molecule has 0 aromatic heterocycles. The summed E-state index contributed by atoms with van der Waals surface area (Å²) in [7, 11) is 0. The van der Waals surface area contributed by atoms with E-state index in [1.807, 2.05) is 25.1 Å². The summed E-state index contributed by atoms with van der Waals surface area (Å²) in [4.78, 5) is 25.9. The molecule has 1 heterocycles. The molecule has 1 fully saturated rings. The van der Waals surface area contributed by atoms with Gasteiger partial charge >= 0.3 is 0 Å². The summed E-state index contributed by atoms with van der Waals surface area (Å²) < 4.78 is 0. The van der Waals surface area contributed by atoms with Crippen LogP contribution in [0.5, 0.6) is 0 Å². The van der Waals surface area contributed by atoms with E-state index in [9.17, 15) is 9.59 Å². The molecule has 0 spiro atoms. The fourth-order valence-corrected chi connectivity index (χ4v) is 2.48. The summed E-state index contributed by atoms with van der Waals surface area (Å²) in [5, 5.41) is 6.10. The number of aryl methyl sites for hydroxylation is 1. The molecule has 2 amide bonds. The first-order valence-electron chi connectivity index (χ1n) is 7.47. The van der Waals surface area contributed by atoms with E-state index in [-0.39, 0.29) is 11.8 Å². The molecule has 1 aromatic rings. The van der Waals surface area contributed by atoms with Crippen LogP contribution >= 0.6 is 0 Å². The highest BCUT2D eigenvalue weighted by atomic mass is 16.2. The van der Waals surface area contributed by atoms with E-state index in [1.165, 1.54) is 0 Å². The van der Waals surface area contributed by atoms with Crippen molar-refractivity contribution in [2.75, 3.05) is 25.0 Å². The van der Waals surface area contributed by atoms with Gasteiger partial charge < -0.3 is 15.5 Å². The van der Waals surface area contributed by atoms with Crippen LogP contribution in [0.2, 0.25) is 0 Å². The summed E-state index contributed by atoms with van der Waals surface area (Å²) in [6.45, 7) is 7.85. The van der Waals surface area contributed by atoms with Crippen LogP contribution in [0.3, 0.4) is 0 Å². The van der Waals surface area contributed by atoms with Crippen LogP contribution < -0.4 is 10.6 Å². The maximum absolute atomic E-state index is 12.6. The molecule has 5 nitrogen and oxygen atoms in total. The second-order valence-electron chi connectivity index (χ2n) is 5.42. The quantitative estimate of drug-likeness (QED) is 0.888. The maximum atomic E-state index is 12.6. The van der Waals surface area contributed by atoms with E-state index in [4.69, 9.17) is 0 Å². The minimum Gasteiger partial charge on any atom is -0.385 e. The van der Waals surface area contributed by atoms with Gasteiger partial charge in [0.15, 0.2) is 0 Å². The van der Waals surface area contributed by atoms with Crippen molar-refractivity contribution in [2.45, 2.75) is 33.2 Å².